The maximum Gasteiger partial charge on any atom is 0.256 e. The third-order valence-electron chi connectivity index (χ3n) is 3.49. The van der Waals surface area contributed by atoms with Gasteiger partial charge in [0.1, 0.15) is 12.1 Å². The molecule has 1 N–H and O–H groups in total. The highest BCUT2D eigenvalue weighted by atomic mass is 19.1. The Labute approximate surface area is 142 Å². The average Bonchev–Trinajstić information content (AvgIpc) is 2.64. The maximum absolute atomic E-state index is 14.2. The van der Waals surface area contributed by atoms with Crippen LogP contribution in [0.3, 0.4) is 0 Å². The zero-order valence-corrected chi connectivity index (χ0v) is 13.1. The first-order valence-electron chi connectivity index (χ1n) is 7.26. The van der Waals surface area contributed by atoms with Gasteiger partial charge in [-0.1, -0.05) is 0 Å². The molecule has 1 aromatic carbocycles. The molecule has 3 rings (SSSR count). The van der Waals surface area contributed by atoms with E-state index in [-0.39, 0.29) is 17.1 Å². The molecule has 8 heteroatoms. The minimum Gasteiger partial charge on any atom is -0.340 e. The molecule has 0 spiro atoms. The van der Waals surface area contributed by atoms with Gasteiger partial charge in [0.25, 0.3) is 5.91 Å². The predicted octanol–water partition coefficient (Wildman–Crippen LogP) is 3.17. The summed E-state index contributed by atoms with van der Waals surface area (Å²) in [5, 5.41) is 2.36. The molecule has 0 radical (unpaired) electrons. The van der Waals surface area contributed by atoms with Crippen molar-refractivity contribution in [1.29, 1.82) is 0 Å². The first-order chi connectivity index (χ1) is 12.1. The van der Waals surface area contributed by atoms with E-state index in [9.17, 15) is 13.6 Å². The lowest BCUT2D eigenvalue weighted by Crippen LogP contribution is -2.17. The fourth-order valence-corrected chi connectivity index (χ4v) is 2.17. The van der Waals surface area contributed by atoms with Crippen molar-refractivity contribution in [3.05, 3.63) is 72.4 Å². The number of aromatic nitrogens is 3. The fourth-order valence-electron chi connectivity index (χ4n) is 2.17. The number of hydrogen-bond donors (Lipinski definition) is 1. The van der Waals surface area contributed by atoms with Crippen molar-refractivity contribution in [1.82, 2.24) is 15.0 Å². The Morgan fingerprint density at radius 1 is 1.12 bits per heavy atom. The van der Waals surface area contributed by atoms with Crippen LogP contribution >= 0.6 is 0 Å². The number of nitrogens with zero attached hydrogens (tertiary/aromatic N) is 4. The van der Waals surface area contributed by atoms with Crippen molar-refractivity contribution >= 4 is 23.1 Å². The molecule has 0 saturated carbocycles. The van der Waals surface area contributed by atoms with E-state index in [2.05, 4.69) is 20.3 Å². The lowest BCUT2D eigenvalue weighted by molar-refractivity contribution is 0.102. The molecule has 1 amide bonds. The molecule has 6 nitrogen and oxygen atoms in total. The molecule has 126 valence electrons. The Bertz CT molecular complexity index is 905. The number of nitrogens with one attached hydrogen (secondary N) is 1. The smallest absolute Gasteiger partial charge is 0.256 e. The van der Waals surface area contributed by atoms with E-state index in [4.69, 9.17) is 0 Å². The minimum atomic E-state index is -0.656. The van der Waals surface area contributed by atoms with Gasteiger partial charge in [-0.3, -0.25) is 4.79 Å². The molecule has 0 fully saturated rings. The number of rotatable bonds is 4. The molecule has 0 bridgehead atoms. The predicted molar refractivity (Wildman–Crippen MR) is 88.6 cm³/mol. The van der Waals surface area contributed by atoms with Crippen LogP contribution in [0.4, 0.5) is 26.0 Å². The Balaban J connectivity index is 1.89. The zero-order valence-electron chi connectivity index (χ0n) is 13.1. The highest BCUT2D eigenvalue weighted by molar-refractivity contribution is 6.04. The Hall–Kier alpha value is -3.42. The summed E-state index contributed by atoms with van der Waals surface area (Å²) in [6, 6.07) is 6.43. The van der Waals surface area contributed by atoms with Crippen LogP contribution < -0.4 is 10.2 Å². The van der Waals surface area contributed by atoms with Crippen LogP contribution in [0.5, 0.6) is 0 Å². The number of halogens is 2. The summed E-state index contributed by atoms with van der Waals surface area (Å²) >= 11 is 0. The van der Waals surface area contributed by atoms with Gasteiger partial charge in [-0.2, -0.15) is 0 Å². The van der Waals surface area contributed by atoms with Gasteiger partial charge in [0.2, 0.25) is 0 Å². The van der Waals surface area contributed by atoms with Crippen LogP contribution in [-0.2, 0) is 0 Å². The van der Waals surface area contributed by atoms with Gasteiger partial charge in [0.15, 0.2) is 11.6 Å². The van der Waals surface area contributed by atoms with Crippen molar-refractivity contribution in [2.75, 3.05) is 17.3 Å². The Morgan fingerprint density at radius 3 is 2.60 bits per heavy atom. The van der Waals surface area contributed by atoms with Crippen molar-refractivity contribution in [3.8, 4) is 0 Å². The van der Waals surface area contributed by atoms with E-state index in [0.29, 0.717) is 5.69 Å². The number of benzene rings is 1. The number of amides is 1. The highest BCUT2D eigenvalue weighted by Crippen LogP contribution is 2.26. The number of pyridine rings is 1. The fraction of sp³-hybridized carbons (Fsp3) is 0.0588. The summed E-state index contributed by atoms with van der Waals surface area (Å²) in [6.07, 6.45) is 5.75. The standard InChI is InChI=1S/C17H13F2N5O/c1-24(12-8-20-10-21-9-12)15-7-11(4-5-13(15)18)17(25)23-16-14(19)3-2-6-22-16/h2-10H,1H3,(H,22,23,25). The van der Waals surface area contributed by atoms with Crippen LogP contribution in [0, 0.1) is 11.6 Å². The second-order valence-corrected chi connectivity index (χ2v) is 5.11. The van der Waals surface area contributed by atoms with E-state index < -0.39 is 17.5 Å². The van der Waals surface area contributed by atoms with E-state index >= 15 is 0 Å². The molecule has 0 atom stereocenters. The maximum atomic E-state index is 14.2. The number of hydrogen-bond acceptors (Lipinski definition) is 5. The van der Waals surface area contributed by atoms with Crippen molar-refractivity contribution in [2.45, 2.75) is 0 Å². The third-order valence-corrected chi connectivity index (χ3v) is 3.49. The molecule has 0 aliphatic heterocycles. The molecule has 25 heavy (non-hydrogen) atoms. The number of carbonyl (C=O) groups is 1. The molecule has 0 saturated heterocycles. The molecule has 0 unspecified atom stereocenters. The van der Waals surface area contributed by atoms with Crippen LogP contribution in [0.1, 0.15) is 10.4 Å². The second kappa shape index (κ2) is 7.00. The van der Waals surface area contributed by atoms with E-state index in [1.165, 1.54) is 60.1 Å². The molecule has 2 heterocycles. The molecule has 0 aliphatic rings. The second-order valence-electron chi connectivity index (χ2n) is 5.11. The van der Waals surface area contributed by atoms with Gasteiger partial charge in [-0.25, -0.2) is 23.7 Å². The van der Waals surface area contributed by atoms with Crippen molar-refractivity contribution in [3.63, 3.8) is 0 Å². The summed E-state index contributed by atoms with van der Waals surface area (Å²) in [5.41, 5.74) is 0.865. The molecule has 3 aromatic rings. The van der Waals surface area contributed by atoms with Crippen molar-refractivity contribution < 1.29 is 13.6 Å². The van der Waals surface area contributed by atoms with E-state index in [1.807, 2.05) is 0 Å². The normalized spacial score (nSPS) is 10.4. The summed E-state index contributed by atoms with van der Waals surface area (Å²) in [4.78, 5) is 25.3. The Morgan fingerprint density at radius 2 is 1.88 bits per heavy atom. The summed E-state index contributed by atoms with van der Waals surface area (Å²) in [5.74, 6) is -1.97. The van der Waals surface area contributed by atoms with Gasteiger partial charge in [-0.15, -0.1) is 0 Å². The van der Waals surface area contributed by atoms with Gasteiger partial charge in [-0.05, 0) is 30.3 Å². The van der Waals surface area contributed by atoms with Crippen LogP contribution in [0.2, 0.25) is 0 Å². The lowest BCUT2D eigenvalue weighted by Gasteiger charge is -2.19. The molecule has 2 aromatic heterocycles. The highest BCUT2D eigenvalue weighted by Gasteiger charge is 2.15. The molecular weight excluding hydrogens is 328 g/mol. The number of carbonyl (C=O) groups excluding carboxylic acids is 1. The van der Waals surface area contributed by atoms with Crippen molar-refractivity contribution in [2.24, 2.45) is 0 Å². The molecule has 0 aliphatic carbocycles. The van der Waals surface area contributed by atoms with Gasteiger partial charge in [0, 0.05) is 18.8 Å². The lowest BCUT2D eigenvalue weighted by atomic mass is 10.1. The largest absolute Gasteiger partial charge is 0.340 e. The monoisotopic (exact) mass is 341 g/mol. The Kier molecular flexibility index (Phi) is 4.60. The van der Waals surface area contributed by atoms with Crippen LogP contribution in [-0.4, -0.2) is 27.9 Å². The van der Waals surface area contributed by atoms with Gasteiger partial charge in [0.05, 0.1) is 23.8 Å². The third kappa shape index (κ3) is 3.57. The van der Waals surface area contributed by atoms with Gasteiger partial charge < -0.3 is 10.2 Å². The summed E-state index contributed by atoms with van der Waals surface area (Å²) in [6.45, 7) is 0. The van der Waals surface area contributed by atoms with E-state index in [1.54, 1.807) is 7.05 Å². The molecular formula is C17H13F2N5O. The van der Waals surface area contributed by atoms with E-state index in [0.717, 1.165) is 0 Å². The summed E-state index contributed by atoms with van der Waals surface area (Å²) in [7, 11) is 1.62. The summed E-state index contributed by atoms with van der Waals surface area (Å²) < 4.78 is 27.8. The zero-order chi connectivity index (χ0) is 17.8. The first kappa shape index (κ1) is 16.4. The number of anilines is 3. The topological polar surface area (TPSA) is 71.0 Å². The average molecular weight is 341 g/mol. The SMILES string of the molecule is CN(c1cncnc1)c1cc(C(=O)Nc2ncccc2F)ccc1F. The van der Waals surface area contributed by atoms with Gasteiger partial charge >= 0.3 is 0 Å². The minimum absolute atomic E-state index is 0.156. The quantitative estimate of drug-likeness (QED) is 0.789. The van der Waals surface area contributed by atoms with Crippen LogP contribution in [0.15, 0.2) is 55.2 Å². The first-order valence-corrected chi connectivity index (χ1v) is 7.26. The van der Waals surface area contributed by atoms with Crippen LogP contribution in [0.25, 0.3) is 0 Å².